The molecule has 1 aromatic carbocycles. The molecule has 1 heterocycles. The van der Waals surface area contributed by atoms with Gasteiger partial charge in [-0.1, -0.05) is 0 Å². The average molecular weight is 263 g/mol. The van der Waals surface area contributed by atoms with E-state index in [0.29, 0.717) is 30.2 Å². The standard InChI is InChI=1S/C13H17N3O3/c1-14-8-12(17)15-9-3-4-11-10(7-9)16(2)13(18)5-6-19-11/h3-4,7,14H,5-6,8H2,1-2H3,(H,15,17). The first-order valence-electron chi connectivity index (χ1n) is 6.09. The summed E-state index contributed by atoms with van der Waals surface area (Å²) in [5.41, 5.74) is 1.31. The highest BCUT2D eigenvalue weighted by atomic mass is 16.5. The summed E-state index contributed by atoms with van der Waals surface area (Å²) in [6.45, 7) is 0.615. The maximum absolute atomic E-state index is 11.8. The molecule has 6 heteroatoms. The van der Waals surface area contributed by atoms with Crippen molar-refractivity contribution in [3.8, 4) is 5.75 Å². The van der Waals surface area contributed by atoms with E-state index in [9.17, 15) is 9.59 Å². The van der Waals surface area contributed by atoms with Gasteiger partial charge < -0.3 is 20.3 Å². The number of amides is 2. The minimum Gasteiger partial charge on any atom is -0.491 e. The number of nitrogens with one attached hydrogen (secondary N) is 2. The van der Waals surface area contributed by atoms with Crippen molar-refractivity contribution in [2.24, 2.45) is 0 Å². The molecule has 0 fully saturated rings. The molecule has 19 heavy (non-hydrogen) atoms. The molecule has 1 aliphatic heterocycles. The Labute approximate surface area is 111 Å². The van der Waals surface area contributed by atoms with Crippen molar-refractivity contribution < 1.29 is 14.3 Å². The fourth-order valence-electron chi connectivity index (χ4n) is 1.90. The summed E-state index contributed by atoms with van der Waals surface area (Å²) in [6.07, 6.45) is 0.354. The van der Waals surface area contributed by atoms with Crippen LogP contribution in [0.15, 0.2) is 18.2 Å². The highest BCUT2D eigenvalue weighted by Crippen LogP contribution is 2.33. The van der Waals surface area contributed by atoms with Crippen LogP contribution in [0.2, 0.25) is 0 Å². The number of hydrogen-bond donors (Lipinski definition) is 2. The van der Waals surface area contributed by atoms with E-state index < -0.39 is 0 Å². The van der Waals surface area contributed by atoms with Gasteiger partial charge in [-0.2, -0.15) is 0 Å². The van der Waals surface area contributed by atoms with E-state index in [1.807, 2.05) is 0 Å². The third-order valence-corrected chi connectivity index (χ3v) is 2.89. The van der Waals surface area contributed by atoms with Crippen LogP contribution in [0, 0.1) is 0 Å². The van der Waals surface area contributed by atoms with Crippen LogP contribution in [0.3, 0.4) is 0 Å². The van der Waals surface area contributed by atoms with Gasteiger partial charge in [-0.3, -0.25) is 9.59 Å². The summed E-state index contributed by atoms with van der Waals surface area (Å²) in [5, 5.41) is 5.53. The van der Waals surface area contributed by atoms with E-state index in [0.717, 1.165) is 0 Å². The monoisotopic (exact) mass is 263 g/mol. The molecule has 1 aromatic rings. The summed E-state index contributed by atoms with van der Waals surface area (Å²) >= 11 is 0. The van der Waals surface area contributed by atoms with Crippen LogP contribution in [0.25, 0.3) is 0 Å². The Morgan fingerprint density at radius 3 is 3.00 bits per heavy atom. The predicted octanol–water partition coefficient (Wildman–Crippen LogP) is 0.590. The highest BCUT2D eigenvalue weighted by molar-refractivity contribution is 5.97. The number of likely N-dealkylation sites (N-methyl/N-ethyl adjacent to an activating group) is 1. The molecule has 2 N–H and O–H groups in total. The van der Waals surface area contributed by atoms with Gasteiger partial charge in [0, 0.05) is 12.7 Å². The number of carbonyl (C=O) groups excluding carboxylic acids is 2. The van der Waals surface area contributed by atoms with Crippen LogP contribution in [-0.2, 0) is 9.59 Å². The van der Waals surface area contributed by atoms with Gasteiger partial charge in [-0.15, -0.1) is 0 Å². The Hall–Kier alpha value is -2.08. The Morgan fingerprint density at radius 2 is 2.26 bits per heavy atom. The SMILES string of the molecule is CNCC(=O)Nc1ccc2c(c1)N(C)C(=O)CCO2. The number of hydrogen-bond acceptors (Lipinski definition) is 4. The van der Waals surface area contributed by atoms with Crippen molar-refractivity contribution in [3.05, 3.63) is 18.2 Å². The van der Waals surface area contributed by atoms with Crippen LogP contribution in [-0.4, -0.2) is 39.1 Å². The van der Waals surface area contributed by atoms with Crippen LogP contribution in [0.5, 0.6) is 5.75 Å². The minimum atomic E-state index is -0.133. The van der Waals surface area contributed by atoms with Crippen molar-refractivity contribution in [2.75, 3.05) is 37.5 Å². The zero-order valence-corrected chi connectivity index (χ0v) is 11.0. The molecule has 0 unspecified atom stereocenters. The Morgan fingerprint density at radius 1 is 1.47 bits per heavy atom. The first kappa shape index (κ1) is 13.4. The van der Waals surface area contributed by atoms with E-state index >= 15 is 0 Å². The van der Waals surface area contributed by atoms with Crippen LogP contribution in [0.4, 0.5) is 11.4 Å². The second kappa shape index (κ2) is 5.71. The van der Waals surface area contributed by atoms with Crippen LogP contribution < -0.4 is 20.3 Å². The fourth-order valence-corrected chi connectivity index (χ4v) is 1.90. The van der Waals surface area contributed by atoms with Crippen molar-refractivity contribution >= 4 is 23.2 Å². The van der Waals surface area contributed by atoms with Crippen molar-refractivity contribution in [1.82, 2.24) is 5.32 Å². The third-order valence-electron chi connectivity index (χ3n) is 2.89. The molecule has 0 saturated heterocycles. The first-order chi connectivity index (χ1) is 9.11. The average Bonchev–Trinajstić information content (AvgIpc) is 2.51. The van der Waals surface area contributed by atoms with Gasteiger partial charge in [0.1, 0.15) is 5.75 Å². The molecule has 0 spiro atoms. The fraction of sp³-hybridized carbons (Fsp3) is 0.385. The van der Waals surface area contributed by atoms with E-state index in [1.165, 1.54) is 0 Å². The zero-order chi connectivity index (χ0) is 13.8. The number of nitrogens with zero attached hydrogens (tertiary/aromatic N) is 1. The Kier molecular flexibility index (Phi) is 4.01. The number of fused-ring (bicyclic) bond motifs is 1. The minimum absolute atomic E-state index is 0.00236. The lowest BCUT2D eigenvalue weighted by molar-refractivity contribution is -0.118. The second-order valence-electron chi connectivity index (χ2n) is 4.31. The lowest BCUT2D eigenvalue weighted by atomic mass is 10.2. The second-order valence-corrected chi connectivity index (χ2v) is 4.31. The quantitative estimate of drug-likeness (QED) is 0.837. The van der Waals surface area contributed by atoms with Gasteiger partial charge in [-0.25, -0.2) is 0 Å². The number of rotatable bonds is 3. The molecule has 102 valence electrons. The molecule has 0 aromatic heterocycles. The first-order valence-corrected chi connectivity index (χ1v) is 6.09. The maximum atomic E-state index is 11.8. The highest BCUT2D eigenvalue weighted by Gasteiger charge is 2.20. The maximum Gasteiger partial charge on any atom is 0.238 e. The summed E-state index contributed by atoms with van der Waals surface area (Å²) in [5.74, 6) is 0.517. The van der Waals surface area contributed by atoms with Gasteiger partial charge >= 0.3 is 0 Å². The molecule has 0 saturated carbocycles. The largest absolute Gasteiger partial charge is 0.491 e. The van der Waals surface area contributed by atoms with Gasteiger partial charge in [0.2, 0.25) is 11.8 Å². The molecule has 6 nitrogen and oxygen atoms in total. The van der Waals surface area contributed by atoms with Crippen LogP contribution >= 0.6 is 0 Å². The molecule has 0 bridgehead atoms. The molecule has 2 rings (SSSR count). The van der Waals surface area contributed by atoms with E-state index in [-0.39, 0.29) is 18.4 Å². The molecule has 1 aliphatic rings. The normalized spacial score (nSPS) is 14.4. The molecule has 2 amide bonds. The lowest BCUT2D eigenvalue weighted by Gasteiger charge is -2.17. The molecule has 0 radical (unpaired) electrons. The van der Waals surface area contributed by atoms with Gasteiger partial charge in [-0.05, 0) is 25.2 Å². The van der Waals surface area contributed by atoms with E-state index in [1.54, 1.807) is 37.2 Å². The van der Waals surface area contributed by atoms with Crippen molar-refractivity contribution in [3.63, 3.8) is 0 Å². The molecule has 0 atom stereocenters. The number of carbonyl (C=O) groups is 2. The molecular weight excluding hydrogens is 246 g/mol. The Bertz CT molecular complexity index is 502. The van der Waals surface area contributed by atoms with Crippen LogP contribution in [0.1, 0.15) is 6.42 Å². The third kappa shape index (κ3) is 3.03. The van der Waals surface area contributed by atoms with Crippen molar-refractivity contribution in [2.45, 2.75) is 6.42 Å². The van der Waals surface area contributed by atoms with Gasteiger partial charge in [0.25, 0.3) is 0 Å². The summed E-state index contributed by atoms with van der Waals surface area (Å²) in [4.78, 5) is 24.8. The number of benzene rings is 1. The molecular formula is C13H17N3O3. The summed E-state index contributed by atoms with van der Waals surface area (Å²) < 4.78 is 5.51. The van der Waals surface area contributed by atoms with E-state index in [2.05, 4.69) is 10.6 Å². The zero-order valence-electron chi connectivity index (χ0n) is 11.0. The number of anilines is 2. The number of ether oxygens (including phenoxy) is 1. The Balaban J connectivity index is 2.24. The van der Waals surface area contributed by atoms with Gasteiger partial charge in [0.05, 0.1) is 25.3 Å². The van der Waals surface area contributed by atoms with Gasteiger partial charge in [0.15, 0.2) is 0 Å². The molecule has 0 aliphatic carbocycles. The van der Waals surface area contributed by atoms with Crippen molar-refractivity contribution in [1.29, 1.82) is 0 Å². The van der Waals surface area contributed by atoms with E-state index in [4.69, 9.17) is 4.74 Å². The summed E-state index contributed by atoms with van der Waals surface area (Å²) in [6, 6.07) is 5.27. The smallest absolute Gasteiger partial charge is 0.238 e. The topological polar surface area (TPSA) is 70.7 Å². The lowest BCUT2D eigenvalue weighted by Crippen LogP contribution is -2.26. The summed E-state index contributed by atoms with van der Waals surface area (Å²) in [7, 11) is 3.41. The predicted molar refractivity (Wildman–Crippen MR) is 72.5 cm³/mol.